The minimum atomic E-state index is -1.22. The molecule has 0 aliphatic heterocycles. The van der Waals surface area contributed by atoms with Gasteiger partial charge in [-0.2, -0.15) is 21.9 Å². The molecule has 0 amide bonds. The molecular formula is C63H82BN-2. The smallest absolute Gasteiger partial charge is 0.108 e. The molecule has 0 heterocycles. The molecule has 7 aromatic carbocycles. The van der Waals surface area contributed by atoms with Crippen molar-refractivity contribution in [3.05, 3.63) is 187 Å². The molecule has 7 aromatic rings. The molecule has 0 saturated heterocycles. The van der Waals surface area contributed by atoms with Gasteiger partial charge >= 0.3 is 0 Å². The highest BCUT2D eigenvalue weighted by Gasteiger charge is 2.31. The van der Waals surface area contributed by atoms with Crippen molar-refractivity contribution < 1.29 is 0 Å². The van der Waals surface area contributed by atoms with Crippen LogP contribution in [0.2, 0.25) is 0 Å². The van der Waals surface area contributed by atoms with Crippen LogP contribution in [0.1, 0.15) is 155 Å². The fourth-order valence-corrected chi connectivity index (χ4v) is 9.86. The Hall–Kier alpha value is -4.92. The second-order valence-corrected chi connectivity index (χ2v) is 18.4. The lowest BCUT2D eigenvalue weighted by atomic mass is 9.13. The molecule has 0 aliphatic carbocycles. The lowest BCUT2D eigenvalue weighted by Crippen LogP contribution is -2.74. The van der Waals surface area contributed by atoms with Gasteiger partial charge in [0.1, 0.15) is 6.15 Å². The molecule has 0 atom stereocenters. The molecule has 0 aromatic heterocycles. The van der Waals surface area contributed by atoms with E-state index in [2.05, 4.69) is 197 Å². The lowest BCUT2D eigenvalue weighted by Gasteiger charge is -2.44. The topological polar surface area (TPSA) is 14.1 Å². The van der Waals surface area contributed by atoms with Crippen molar-refractivity contribution in [1.82, 2.24) is 0 Å². The van der Waals surface area contributed by atoms with E-state index in [1.165, 1.54) is 177 Å². The van der Waals surface area contributed by atoms with E-state index in [0.29, 0.717) is 0 Å². The Balaban J connectivity index is 0.000000189. The minimum absolute atomic E-state index is 0.830. The van der Waals surface area contributed by atoms with Gasteiger partial charge in [-0.25, -0.2) is 0 Å². The zero-order valence-corrected chi connectivity index (χ0v) is 40.8. The average molecular weight is 864 g/mol. The van der Waals surface area contributed by atoms with Crippen LogP contribution in [0.4, 0.5) is 0 Å². The molecule has 0 radical (unpaired) electrons. The maximum Gasteiger partial charge on any atom is 0.108 e. The number of nitrogens with zero attached hydrogens (tertiary/aromatic N) is 1. The summed E-state index contributed by atoms with van der Waals surface area (Å²) < 4.78 is 0. The first-order valence-corrected chi connectivity index (χ1v) is 26.1. The van der Waals surface area contributed by atoms with Crippen molar-refractivity contribution in [3.8, 4) is 0 Å². The lowest BCUT2D eigenvalue weighted by molar-refractivity contribution is 0.538. The van der Waals surface area contributed by atoms with Crippen molar-refractivity contribution >= 4 is 49.5 Å². The molecule has 7 rings (SSSR count). The van der Waals surface area contributed by atoms with Crippen molar-refractivity contribution in [1.29, 1.82) is 0 Å². The van der Waals surface area contributed by atoms with Crippen molar-refractivity contribution in [3.63, 3.8) is 0 Å². The van der Waals surface area contributed by atoms with E-state index < -0.39 is 6.15 Å². The van der Waals surface area contributed by atoms with Crippen LogP contribution in [0.3, 0.4) is 0 Å². The molecule has 1 nitrogen and oxygen atoms in total. The van der Waals surface area contributed by atoms with E-state index >= 15 is 0 Å². The number of fused-ring (bicyclic) bond motifs is 2. The quantitative estimate of drug-likeness (QED) is 0.0293. The SMILES string of the molecule is CCCCCCCCCCCCCCCC.CCCCCCCC[N-]Cc1c2ccccc2cc2ccccc12.c1ccc([B-](c2ccccc2)(c2ccccc2)c2ccccc2)cc1. The van der Waals surface area contributed by atoms with E-state index in [0.717, 1.165) is 13.1 Å². The van der Waals surface area contributed by atoms with Crippen LogP contribution in [-0.2, 0) is 6.54 Å². The Kier molecular flexibility index (Phi) is 24.4. The van der Waals surface area contributed by atoms with Crippen molar-refractivity contribution in [2.75, 3.05) is 6.54 Å². The molecule has 0 aliphatic rings. The van der Waals surface area contributed by atoms with Gasteiger partial charge in [-0.3, -0.25) is 0 Å². The number of benzene rings is 7. The molecule has 344 valence electrons. The molecule has 0 unspecified atom stereocenters. The van der Waals surface area contributed by atoms with E-state index in [1.54, 1.807) is 0 Å². The standard InChI is InChI=1S/C24H20B.C23H28N.C16H34/c1-5-13-21(14-6-1)25(22-15-7-2-8-16-22,23-17-9-3-10-18-23)24-19-11-4-12-20-24;1-2-3-4-5-6-11-16-24-18-23-21-14-9-7-12-19(21)17-20-13-8-10-15-22(20)23;1-3-5-7-9-11-13-15-16-14-12-10-8-6-4-2/h1-20H;7-10,12-15,17H,2-6,11,16,18H2,1H3;3-16H2,1-2H3/q2*-1;. The highest BCUT2D eigenvalue weighted by molar-refractivity contribution is 7.19. The third kappa shape index (κ3) is 16.5. The van der Waals surface area contributed by atoms with Crippen LogP contribution < -0.4 is 21.9 Å². The summed E-state index contributed by atoms with van der Waals surface area (Å²) in [7, 11) is 0. The van der Waals surface area contributed by atoms with Crippen LogP contribution in [0.25, 0.3) is 26.9 Å². The van der Waals surface area contributed by atoms with Crippen LogP contribution in [0, 0.1) is 0 Å². The Morgan fingerprint density at radius 2 is 0.585 bits per heavy atom. The summed E-state index contributed by atoms with van der Waals surface area (Å²) in [4.78, 5) is 0. The summed E-state index contributed by atoms with van der Waals surface area (Å²) in [6, 6.07) is 63.2. The Morgan fingerprint density at radius 3 is 0.908 bits per heavy atom. The second-order valence-electron chi connectivity index (χ2n) is 18.4. The minimum Gasteiger partial charge on any atom is -0.658 e. The van der Waals surface area contributed by atoms with Gasteiger partial charge in [0.15, 0.2) is 0 Å². The fourth-order valence-electron chi connectivity index (χ4n) is 9.86. The molecular weight excluding hydrogens is 782 g/mol. The predicted molar refractivity (Wildman–Crippen MR) is 293 cm³/mol. The van der Waals surface area contributed by atoms with Gasteiger partial charge in [-0.05, 0) is 27.6 Å². The molecule has 2 heteroatoms. The van der Waals surface area contributed by atoms with Gasteiger partial charge in [0.25, 0.3) is 0 Å². The zero-order valence-electron chi connectivity index (χ0n) is 40.8. The molecule has 0 spiro atoms. The fraction of sp³-hybridized carbons (Fsp3) is 0.397. The molecule has 0 N–H and O–H groups in total. The molecule has 0 fully saturated rings. The highest BCUT2D eigenvalue weighted by Crippen LogP contribution is 2.30. The third-order valence-corrected chi connectivity index (χ3v) is 13.5. The molecule has 65 heavy (non-hydrogen) atoms. The van der Waals surface area contributed by atoms with Gasteiger partial charge in [-0.1, -0.05) is 325 Å². The predicted octanol–water partition coefficient (Wildman–Crippen LogP) is 16.8. The second kappa shape index (κ2) is 31.1. The maximum absolute atomic E-state index is 4.86. The van der Waals surface area contributed by atoms with Gasteiger partial charge in [0.2, 0.25) is 0 Å². The third-order valence-electron chi connectivity index (χ3n) is 13.5. The summed E-state index contributed by atoms with van der Waals surface area (Å²) in [5, 5.41) is 10.2. The maximum atomic E-state index is 4.86. The van der Waals surface area contributed by atoms with E-state index in [4.69, 9.17) is 5.32 Å². The van der Waals surface area contributed by atoms with Gasteiger partial charge in [0, 0.05) is 0 Å². The Morgan fingerprint density at radius 1 is 0.308 bits per heavy atom. The normalized spacial score (nSPS) is 11.2. The number of rotatable bonds is 26. The first-order chi connectivity index (χ1) is 32.2. The molecule has 0 saturated carbocycles. The Labute approximate surface area is 396 Å². The van der Waals surface area contributed by atoms with Crippen LogP contribution in [0.5, 0.6) is 0 Å². The first-order valence-electron chi connectivity index (χ1n) is 26.1. The van der Waals surface area contributed by atoms with Crippen LogP contribution >= 0.6 is 0 Å². The highest BCUT2D eigenvalue weighted by atomic mass is 14.8. The monoisotopic (exact) mass is 864 g/mol. The summed E-state index contributed by atoms with van der Waals surface area (Å²) in [5.74, 6) is 0. The average Bonchev–Trinajstić information content (AvgIpc) is 3.37. The van der Waals surface area contributed by atoms with Crippen molar-refractivity contribution in [2.45, 2.75) is 156 Å². The summed E-state index contributed by atoms with van der Waals surface area (Å²) in [6.07, 6.45) is 27.2. The van der Waals surface area contributed by atoms with Crippen molar-refractivity contribution in [2.24, 2.45) is 0 Å². The van der Waals surface area contributed by atoms with Crippen LogP contribution in [0.15, 0.2) is 176 Å². The first kappa shape index (κ1) is 51.1. The van der Waals surface area contributed by atoms with Gasteiger partial charge in [0.05, 0.1) is 0 Å². The number of hydrogen-bond donors (Lipinski definition) is 0. The van der Waals surface area contributed by atoms with Crippen LogP contribution in [-0.4, -0.2) is 12.7 Å². The van der Waals surface area contributed by atoms with E-state index in [9.17, 15) is 0 Å². The zero-order chi connectivity index (χ0) is 45.5. The molecule has 0 bridgehead atoms. The number of unbranched alkanes of at least 4 members (excludes halogenated alkanes) is 18. The largest absolute Gasteiger partial charge is 0.658 e. The summed E-state index contributed by atoms with van der Waals surface area (Å²) >= 11 is 0. The van der Waals surface area contributed by atoms with Gasteiger partial charge < -0.3 is 5.32 Å². The van der Waals surface area contributed by atoms with E-state index in [1.807, 2.05) is 0 Å². The number of hydrogen-bond acceptors (Lipinski definition) is 0. The Bertz CT molecular complexity index is 2000. The summed E-state index contributed by atoms with van der Waals surface area (Å²) in [6.45, 7) is 8.67. The van der Waals surface area contributed by atoms with Gasteiger partial charge in [-0.15, -0.1) is 13.1 Å². The summed E-state index contributed by atoms with van der Waals surface area (Å²) in [5.41, 5.74) is 6.74. The van der Waals surface area contributed by atoms with E-state index in [-0.39, 0.29) is 0 Å².